The van der Waals surface area contributed by atoms with Crippen LogP contribution in [0.25, 0.3) is 10.9 Å². The first-order chi connectivity index (χ1) is 9.99. The molecule has 1 fully saturated rings. The summed E-state index contributed by atoms with van der Waals surface area (Å²) in [6.07, 6.45) is 0.869. The van der Waals surface area contributed by atoms with E-state index in [0.717, 1.165) is 11.8 Å². The molecule has 0 spiro atoms. The minimum absolute atomic E-state index is 0.0273. The molecule has 2 aromatic rings. The Morgan fingerprint density at radius 2 is 2.19 bits per heavy atom. The Morgan fingerprint density at radius 3 is 2.86 bits per heavy atom. The predicted molar refractivity (Wildman–Crippen MR) is 78.6 cm³/mol. The molecule has 2 atom stereocenters. The van der Waals surface area contributed by atoms with Crippen LogP contribution >= 0.6 is 0 Å². The maximum atomic E-state index is 11.2. The Bertz CT molecular complexity index is 704. The number of fused-ring (bicyclic) bond motifs is 1. The molecule has 0 amide bonds. The lowest BCUT2D eigenvalue weighted by molar-refractivity contribution is 0.0684. The molecule has 1 aliphatic heterocycles. The Balaban J connectivity index is 2.10. The van der Waals surface area contributed by atoms with Gasteiger partial charge < -0.3 is 15.2 Å². The van der Waals surface area contributed by atoms with Gasteiger partial charge in [-0.05, 0) is 32.4 Å². The molecule has 21 heavy (non-hydrogen) atoms. The summed E-state index contributed by atoms with van der Waals surface area (Å²) in [5.74, 6) is -0.797. The molecule has 0 radical (unpaired) electrons. The minimum Gasteiger partial charge on any atom is -0.475 e. The van der Waals surface area contributed by atoms with E-state index in [-0.39, 0.29) is 17.5 Å². The first-order valence-corrected chi connectivity index (χ1v) is 6.89. The monoisotopic (exact) mass is 287 g/mol. The van der Waals surface area contributed by atoms with Gasteiger partial charge >= 0.3 is 5.97 Å². The van der Waals surface area contributed by atoms with E-state index in [1.54, 1.807) is 6.07 Å². The number of carbonyl (C=O) groups is 1. The molecular weight excluding hydrogens is 270 g/mol. The lowest BCUT2D eigenvalue weighted by atomic mass is 9.94. The van der Waals surface area contributed by atoms with Gasteiger partial charge in [0, 0.05) is 12.0 Å². The van der Waals surface area contributed by atoms with Crippen LogP contribution in [0.1, 0.15) is 30.9 Å². The van der Waals surface area contributed by atoms with Gasteiger partial charge in [-0.15, -0.1) is 0 Å². The normalized spacial score (nSPS) is 25.1. The molecule has 6 nitrogen and oxygen atoms in total. The molecule has 2 N–H and O–H groups in total. The number of nitrogens with zero attached hydrogens (tertiary/aromatic N) is 2. The molecule has 2 heterocycles. The van der Waals surface area contributed by atoms with E-state index in [2.05, 4.69) is 22.2 Å². The standard InChI is InChI=1S/C15H17N3O3/c1-9-15(2,7-8-21-9)18-12-10-5-3-4-6-11(10)16-13(17-12)14(19)20/h3-6,9H,7-8H2,1-2H3,(H,19,20)(H,16,17,18). The Kier molecular flexibility index (Phi) is 3.25. The van der Waals surface area contributed by atoms with Crippen LogP contribution in [-0.2, 0) is 4.74 Å². The van der Waals surface area contributed by atoms with Crippen LogP contribution in [0.5, 0.6) is 0 Å². The quantitative estimate of drug-likeness (QED) is 0.901. The number of aromatic nitrogens is 2. The summed E-state index contributed by atoms with van der Waals surface area (Å²) in [6.45, 7) is 4.74. The summed E-state index contributed by atoms with van der Waals surface area (Å²) < 4.78 is 5.61. The van der Waals surface area contributed by atoms with Gasteiger partial charge in [-0.25, -0.2) is 14.8 Å². The highest BCUT2D eigenvalue weighted by molar-refractivity contribution is 5.93. The molecule has 6 heteroatoms. The van der Waals surface area contributed by atoms with Crippen LogP contribution in [0.4, 0.5) is 5.82 Å². The van der Waals surface area contributed by atoms with E-state index < -0.39 is 5.97 Å². The van der Waals surface area contributed by atoms with Crippen LogP contribution in [0.2, 0.25) is 0 Å². The third kappa shape index (κ3) is 2.42. The third-order valence-electron chi connectivity index (χ3n) is 4.08. The van der Waals surface area contributed by atoms with E-state index in [1.165, 1.54) is 0 Å². The Morgan fingerprint density at radius 1 is 1.43 bits per heavy atom. The van der Waals surface area contributed by atoms with Crippen molar-refractivity contribution >= 4 is 22.7 Å². The highest BCUT2D eigenvalue weighted by atomic mass is 16.5. The number of ether oxygens (including phenoxy) is 1. The van der Waals surface area contributed by atoms with Gasteiger partial charge in [0.25, 0.3) is 0 Å². The van der Waals surface area contributed by atoms with E-state index in [0.29, 0.717) is 17.9 Å². The molecule has 1 aliphatic rings. The second-order valence-electron chi connectivity index (χ2n) is 5.52. The van der Waals surface area contributed by atoms with Crippen molar-refractivity contribution in [2.24, 2.45) is 0 Å². The number of carboxylic acids is 1. The summed E-state index contributed by atoms with van der Waals surface area (Å²) in [5.41, 5.74) is 0.343. The second kappa shape index (κ2) is 4.96. The van der Waals surface area contributed by atoms with Crippen molar-refractivity contribution in [3.05, 3.63) is 30.1 Å². The highest BCUT2D eigenvalue weighted by Crippen LogP contribution is 2.31. The van der Waals surface area contributed by atoms with Crippen LogP contribution in [0.3, 0.4) is 0 Å². The lowest BCUT2D eigenvalue weighted by Gasteiger charge is -2.30. The fourth-order valence-corrected chi connectivity index (χ4v) is 2.54. The summed E-state index contributed by atoms with van der Waals surface area (Å²) >= 11 is 0. The van der Waals surface area contributed by atoms with Crippen molar-refractivity contribution < 1.29 is 14.6 Å². The summed E-state index contributed by atoms with van der Waals surface area (Å²) in [5, 5.41) is 13.3. The number of nitrogens with one attached hydrogen (secondary N) is 1. The molecule has 2 unspecified atom stereocenters. The van der Waals surface area contributed by atoms with Crippen molar-refractivity contribution in [1.29, 1.82) is 0 Å². The molecule has 1 aromatic carbocycles. The number of carboxylic acid groups (broad SMARTS) is 1. The first-order valence-electron chi connectivity index (χ1n) is 6.89. The van der Waals surface area contributed by atoms with Gasteiger partial charge in [-0.2, -0.15) is 0 Å². The van der Waals surface area contributed by atoms with Gasteiger partial charge in [0.1, 0.15) is 5.82 Å². The molecule has 0 bridgehead atoms. The van der Waals surface area contributed by atoms with Crippen molar-refractivity contribution in [2.45, 2.75) is 31.9 Å². The fraction of sp³-hybridized carbons (Fsp3) is 0.400. The van der Waals surface area contributed by atoms with Crippen LogP contribution in [0, 0.1) is 0 Å². The zero-order chi connectivity index (χ0) is 15.0. The Hall–Kier alpha value is -2.21. The summed E-state index contributed by atoms with van der Waals surface area (Å²) in [7, 11) is 0. The van der Waals surface area contributed by atoms with Gasteiger partial charge in [0.2, 0.25) is 5.82 Å². The maximum absolute atomic E-state index is 11.2. The van der Waals surface area contributed by atoms with Crippen LogP contribution < -0.4 is 5.32 Å². The van der Waals surface area contributed by atoms with E-state index in [9.17, 15) is 4.79 Å². The smallest absolute Gasteiger partial charge is 0.374 e. The third-order valence-corrected chi connectivity index (χ3v) is 4.08. The topological polar surface area (TPSA) is 84.3 Å². The minimum atomic E-state index is -1.13. The summed E-state index contributed by atoms with van der Waals surface area (Å²) in [4.78, 5) is 19.4. The zero-order valence-electron chi connectivity index (χ0n) is 12.0. The SMILES string of the molecule is CC1OCCC1(C)Nc1nc(C(=O)O)nc2ccccc12. The van der Waals surface area contributed by atoms with Crippen molar-refractivity contribution in [3.63, 3.8) is 0 Å². The summed E-state index contributed by atoms with van der Waals surface area (Å²) in [6, 6.07) is 7.38. The van der Waals surface area contributed by atoms with Gasteiger partial charge in [-0.1, -0.05) is 12.1 Å². The molecule has 110 valence electrons. The highest BCUT2D eigenvalue weighted by Gasteiger charge is 2.37. The average molecular weight is 287 g/mol. The average Bonchev–Trinajstić information content (AvgIpc) is 2.78. The van der Waals surface area contributed by atoms with E-state index in [1.807, 2.05) is 25.1 Å². The number of rotatable bonds is 3. The number of benzene rings is 1. The number of anilines is 1. The maximum Gasteiger partial charge on any atom is 0.374 e. The van der Waals surface area contributed by atoms with Crippen LogP contribution in [0.15, 0.2) is 24.3 Å². The predicted octanol–water partition coefficient (Wildman–Crippen LogP) is 2.31. The van der Waals surface area contributed by atoms with Gasteiger partial charge in [0.05, 0.1) is 17.2 Å². The lowest BCUT2D eigenvalue weighted by Crippen LogP contribution is -2.41. The second-order valence-corrected chi connectivity index (χ2v) is 5.52. The molecule has 1 aromatic heterocycles. The van der Waals surface area contributed by atoms with Gasteiger partial charge in [-0.3, -0.25) is 0 Å². The van der Waals surface area contributed by atoms with E-state index >= 15 is 0 Å². The largest absolute Gasteiger partial charge is 0.475 e. The van der Waals surface area contributed by atoms with Gasteiger partial charge in [0.15, 0.2) is 0 Å². The fourth-order valence-electron chi connectivity index (χ4n) is 2.54. The van der Waals surface area contributed by atoms with Crippen LogP contribution in [-0.4, -0.2) is 39.3 Å². The number of para-hydroxylation sites is 1. The Labute approximate surface area is 122 Å². The van der Waals surface area contributed by atoms with E-state index in [4.69, 9.17) is 9.84 Å². The van der Waals surface area contributed by atoms with Crippen molar-refractivity contribution in [2.75, 3.05) is 11.9 Å². The molecular formula is C15H17N3O3. The number of aromatic carboxylic acids is 1. The van der Waals surface area contributed by atoms with Crippen molar-refractivity contribution in [3.8, 4) is 0 Å². The first kappa shape index (κ1) is 13.8. The molecule has 0 saturated carbocycles. The van der Waals surface area contributed by atoms with Crippen molar-refractivity contribution in [1.82, 2.24) is 9.97 Å². The molecule has 3 rings (SSSR count). The molecule has 0 aliphatic carbocycles. The molecule has 1 saturated heterocycles. The zero-order valence-corrected chi connectivity index (χ0v) is 12.0. The number of hydrogen-bond acceptors (Lipinski definition) is 5. The number of hydrogen-bond donors (Lipinski definition) is 2.